The van der Waals surface area contributed by atoms with Crippen molar-refractivity contribution in [1.29, 1.82) is 0 Å². The molecule has 0 aliphatic carbocycles. The predicted octanol–water partition coefficient (Wildman–Crippen LogP) is 6.24. The Balaban J connectivity index is 3.06. The Kier molecular flexibility index (Phi) is 15.0. The number of allylic oxidation sites excluding steroid dienone is 4. The van der Waals surface area contributed by atoms with Crippen molar-refractivity contribution in [3.8, 4) is 0 Å². The summed E-state index contributed by atoms with van der Waals surface area (Å²) in [5.41, 5.74) is 0. The van der Waals surface area contributed by atoms with Gasteiger partial charge in [0.25, 0.3) is 0 Å². The number of hydrogen-bond donors (Lipinski definition) is 0. The summed E-state index contributed by atoms with van der Waals surface area (Å²) < 4.78 is 0. The maximum Gasteiger partial charge on any atom is -0.0316 e. The Morgan fingerprint density at radius 3 is 1.82 bits per heavy atom. The van der Waals surface area contributed by atoms with Crippen molar-refractivity contribution < 1.29 is 0 Å². The highest BCUT2D eigenvalue weighted by atomic mass is 13.9. The van der Waals surface area contributed by atoms with E-state index in [0.29, 0.717) is 0 Å². The summed E-state index contributed by atoms with van der Waals surface area (Å²) in [6, 6.07) is 0. The quantitative estimate of drug-likeness (QED) is 0.277. The first kappa shape index (κ1) is 16.5. The second kappa shape index (κ2) is 15.5. The molecule has 17 heavy (non-hydrogen) atoms. The van der Waals surface area contributed by atoms with Crippen LogP contribution in [0.4, 0.5) is 0 Å². The van der Waals surface area contributed by atoms with Crippen LogP contribution in [0.25, 0.3) is 0 Å². The summed E-state index contributed by atoms with van der Waals surface area (Å²) in [6.07, 6.45) is 23.5. The molecule has 0 aliphatic heterocycles. The molecule has 0 nitrogen and oxygen atoms in total. The van der Waals surface area contributed by atoms with E-state index in [4.69, 9.17) is 0 Å². The van der Waals surface area contributed by atoms with Crippen LogP contribution >= 0.6 is 0 Å². The molecule has 0 spiro atoms. The van der Waals surface area contributed by atoms with Gasteiger partial charge in [0, 0.05) is 0 Å². The normalized spacial score (nSPS) is 11.9. The van der Waals surface area contributed by atoms with E-state index < -0.39 is 0 Å². The summed E-state index contributed by atoms with van der Waals surface area (Å²) >= 11 is 0. The van der Waals surface area contributed by atoms with Gasteiger partial charge in [0.05, 0.1) is 0 Å². The van der Waals surface area contributed by atoms with E-state index in [2.05, 4.69) is 38.2 Å². The second-order valence-electron chi connectivity index (χ2n) is 4.72. The van der Waals surface area contributed by atoms with E-state index in [1.807, 2.05) is 0 Å². The van der Waals surface area contributed by atoms with E-state index in [-0.39, 0.29) is 0 Å². The maximum absolute atomic E-state index is 3.78. The zero-order valence-electron chi connectivity index (χ0n) is 11.8. The lowest BCUT2D eigenvalue weighted by atomic mass is 10.1. The maximum atomic E-state index is 3.78. The van der Waals surface area contributed by atoms with Gasteiger partial charge in [0.1, 0.15) is 0 Å². The molecule has 0 unspecified atom stereocenters. The molecule has 0 rings (SSSR count). The lowest BCUT2D eigenvalue weighted by Gasteiger charge is -1.98. The molecule has 0 heterocycles. The van der Waals surface area contributed by atoms with Crippen molar-refractivity contribution >= 4 is 0 Å². The molecule has 0 saturated carbocycles. The first-order valence-electron chi connectivity index (χ1n) is 7.51. The largest absolute Gasteiger partial charge is 0.0885 e. The van der Waals surface area contributed by atoms with Gasteiger partial charge in [-0.15, -0.1) is 0 Å². The Morgan fingerprint density at radius 2 is 1.18 bits per heavy atom. The third-order valence-corrected chi connectivity index (χ3v) is 2.97. The molecule has 1 radical (unpaired) electrons. The van der Waals surface area contributed by atoms with Gasteiger partial charge in [-0.3, -0.25) is 0 Å². The van der Waals surface area contributed by atoms with E-state index in [9.17, 15) is 0 Å². The molecule has 0 saturated heterocycles. The van der Waals surface area contributed by atoms with Gasteiger partial charge in [-0.25, -0.2) is 0 Å². The molecule has 0 aromatic heterocycles. The third kappa shape index (κ3) is 15.5. The molecule has 0 aromatic carbocycles. The lowest BCUT2D eigenvalue weighted by Crippen LogP contribution is -1.78. The Bertz CT molecular complexity index is 176. The van der Waals surface area contributed by atoms with E-state index >= 15 is 0 Å². The minimum absolute atomic E-state index is 0.918. The van der Waals surface area contributed by atoms with Crippen LogP contribution in [0, 0.1) is 6.92 Å². The van der Waals surface area contributed by atoms with Crippen molar-refractivity contribution in [3.63, 3.8) is 0 Å². The highest BCUT2D eigenvalue weighted by Crippen LogP contribution is 2.08. The second-order valence-corrected chi connectivity index (χ2v) is 4.72. The third-order valence-electron chi connectivity index (χ3n) is 2.97. The average molecular weight is 235 g/mol. The van der Waals surface area contributed by atoms with Crippen LogP contribution in [0.15, 0.2) is 24.3 Å². The molecule has 0 atom stereocenters. The first-order valence-corrected chi connectivity index (χ1v) is 7.51. The van der Waals surface area contributed by atoms with Crippen molar-refractivity contribution in [1.82, 2.24) is 0 Å². The number of hydrogen-bond acceptors (Lipinski definition) is 0. The summed E-state index contributed by atoms with van der Waals surface area (Å²) in [5.74, 6) is 0. The van der Waals surface area contributed by atoms with Gasteiger partial charge < -0.3 is 0 Å². The molecule has 0 aliphatic rings. The van der Waals surface area contributed by atoms with Crippen LogP contribution < -0.4 is 0 Å². The van der Waals surface area contributed by atoms with E-state index in [0.717, 1.165) is 6.42 Å². The standard InChI is InChI=1S/C17H31/c1-3-5-7-9-11-13-15-17-16-14-12-10-8-6-4-2/h5,7,13,15H,1,3-4,6,8-12,14,16-17H2,2H3. The Morgan fingerprint density at radius 1 is 0.647 bits per heavy atom. The smallest absolute Gasteiger partial charge is 0.0316 e. The fraction of sp³-hybridized carbons (Fsp3) is 0.706. The van der Waals surface area contributed by atoms with E-state index in [1.54, 1.807) is 0 Å². The van der Waals surface area contributed by atoms with Crippen LogP contribution in [-0.2, 0) is 0 Å². The monoisotopic (exact) mass is 235 g/mol. The fourth-order valence-corrected chi connectivity index (χ4v) is 1.88. The van der Waals surface area contributed by atoms with Gasteiger partial charge in [-0.2, -0.15) is 0 Å². The van der Waals surface area contributed by atoms with Gasteiger partial charge in [0.15, 0.2) is 0 Å². The molecule has 0 aromatic rings. The summed E-state index contributed by atoms with van der Waals surface area (Å²) in [6.45, 7) is 6.05. The number of rotatable bonds is 12. The highest BCUT2D eigenvalue weighted by Gasteiger charge is 1.89. The van der Waals surface area contributed by atoms with Gasteiger partial charge >= 0.3 is 0 Å². The molecular formula is C17H31. The van der Waals surface area contributed by atoms with Gasteiger partial charge in [0.2, 0.25) is 0 Å². The SMILES string of the molecule is [CH2]CC=CCCC=CCCCCCCCCC. The van der Waals surface area contributed by atoms with Crippen LogP contribution in [0.1, 0.15) is 77.6 Å². The minimum atomic E-state index is 0.918. The zero-order valence-corrected chi connectivity index (χ0v) is 11.8. The van der Waals surface area contributed by atoms with Crippen LogP contribution in [0.2, 0.25) is 0 Å². The molecule has 0 amide bonds. The molecule has 0 fully saturated rings. The summed E-state index contributed by atoms with van der Waals surface area (Å²) in [5, 5.41) is 0. The van der Waals surface area contributed by atoms with Gasteiger partial charge in [-0.1, -0.05) is 69.8 Å². The Labute approximate surface area is 109 Å². The Hall–Kier alpha value is -0.520. The minimum Gasteiger partial charge on any atom is -0.0885 e. The van der Waals surface area contributed by atoms with Crippen LogP contribution in [-0.4, -0.2) is 0 Å². The van der Waals surface area contributed by atoms with Crippen molar-refractivity contribution in [3.05, 3.63) is 31.2 Å². The lowest BCUT2D eigenvalue weighted by molar-refractivity contribution is 0.592. The average Bonchev–Trinajstić information content (AvgIpc) is 2.35. The zero-order chi connectivity index (χ0) is 12.6. The predicted molar refractivity (Wildman–Crippen MR) is 80.1 cm³/mol. The molecule has 0 bridgehead atoms. The molecule has 0 N–H and O–H groups in total. The molecule has 99 valence electrons. The summed E-state index contributed by atoms with van der Waals surface area (Å²) in [4.78, 5) is 0. The molecular weight excluding hydrogens is 204 g/mol. The molecule has 0 heteroatoms. The van der Waals surface area contributed by atoms with E-state index in [1.165, 1.54) is 64.2 Å². The van der Waals surface area contributed by atoms with Crippen molar-refractivity contribution in [2.75, 3.05) is 0 Å². The van der Waals surface area contributed by atoms with Crippen molar-refractivity contribution in [2.45, 2.75) is 77.6 Å². The van der Waals surface area contributed by atoms with Crippen LogP contribution in [0.5, 0.6) is 0 Å². The highest BCUT2D eigenvalue weighted by molar-refractivity contribution is 4.88. The number of unbranched alkanes of at least 4 members (excludes halogenated alkanes) is 8. The summed E-state index contributed by atoms with van der Waals surface area (Å²) in [7, 11) is 0. The van der Waals surface area contributed by atoms with Crippen molar-refractivity contribution in [2.24, 2.45) is 0 Å². The van der Waals surface area contributed by atoms with Crippen LogP contribution in [0.3, 0.4) is 0 Å². The van der Waals surface area contributed by atoms with Gasteiger partial charge in [-0.05, 0) is 39.0 Å². The fourth-order valence-electron chi connectivity index (χ4n) is 1.88. The first-order chi connectivity index (χ1) is 8.41. The topological polar surface area (TPSA) is 0 Å².